The van der Waals surface area contributed by atoms with Crippen LogP contribution >= 0.6 is 24.0 Å². The fourth-order valence-corrected chi connectivity index (χ4v) is 3.52. The highest BCUT2D eigenvalue weighted by molar-refractivity contribution is 14.0. The summed E-state index contributed by atoms with van der Waals surface area (Å²) in [6, 6.07) is 17.9. The van der Waals surface area contributed by atoms with Crippen LogP contribution in [-0.4, -0.2) is 25.0 Å². The Kier molecular flexibility index (Phi) is 7.13. The van der Waals surface area contributed by atoms with E-state index in [0.717, 1.165) is 34.5 Å². The first-order valence-corrected chi connectivity index (χ1v) is 9.61. The van der Waals surface area contributed by atoms with E-state index in [1.807, 2.05) is 55.5 Å². The first-order valence-electron chi connectivity index (χ1n) is 9.61. The number of furan rings is 1. The Bertz CT molecular complexity index is 982. The average molecular weight is 504 g/mol. The molecule has 0 radical (unpaired) electrons. The highest BCUT2D eigenvalue weighted by Crippen LogP contribution is 2.31. The third-order valence-corrected chi connectivity index (χ3v) is 4.84. The number of rotatable bonds is 5. The topological polar surface area (TPSA) is 78.7 Å². The number of guanidine groups is 1. The van der Waals surface area contributed by atoms with Crippen LogP contribution < -0.4 is 16.0 Å². The SMILES string of the molecule is CCNC(=NCc1cc2ccccc2o1)NCC1CC(=O)Nc2ccccc21.I. The number of carbonyl (C=O) groups is 1. The lowest BCUT2D eigenvalue weighted by Gasteiger charge is -2.26. The van der Waals surface area contributed by atoms with Crippen LogP contribution in [0.4, 0.5) is 5.69 Å². The van der Waals surface area contributed by atoms with E-state index in [2.05, 4.69) is 27.0 Å². The second-order valence-electron chi connectivity index (χ2n) is 6.86. The van der Waals surface area contributed by atoms with Gasteiger partial charge in [0.25, 0.3) is 0 Å². The number of halogens is 1. The molecule has 0 bridgehead atoms. The summed E-state index contributed by atoms with van der Waals surface area (Å²) in [6.07, 6.45) is 0.465. The minimum absolute atomic E-state index is 0. The van der Waals surface area contributed by atoms with Gasteiger partial charge in [-0.1, -0.05) is 36.4 Å². The summed E-state index contributed by atoms with van der Waals surface area (Å²) in [5, 5.41) is 10.6. The van der Waals surface area contributed by atoms with Crippen molar-refractivity contribution in [3.8, 4) is 0 Å². The lowest BCUT2D eigenvalue weighted by atomic mass is 9.90. The van der Waals surface area contributed by atoms with Gasteiger partial charge in [-0.25, -0.2) is 4.99 Å². The number of benzene rings is 2. The maximum atomic E-state index is 12.0. The van der Waals surface area contributed by atoms with Crippen molar-refractivity contribution in [3.05, 3.63) is 65.9 Å². The van der Waals surface area contributed by atoms with Gasteiger partial charge < -0.3 is 20.4 Å². The third-order valence-electron chi connectivity index (χ3n) is 4.84. The zero-order chi connectivity index (χ0) is 19.3. The largest absolute Gasteiger partial charge is 0.459 e. The Hall–Kier alpha value is -2.55. The zero-order valence-corrected chi connectivity index (χ0v) is 18.6. The van der Waals surface area contributed by atoms with Gasteiger partial charge in [0.2, 0.25) is 5.91 Å². The molecule has 0 fully saturated rings. The summed E-state index contributed by atoms with van der Waals surface area (Å²) in [7, 11) is 0. The van der Waals surface area contributed by atoms with Crippen LogP contribution in [-0.2, 0) is 11.3 Å². The third kappa shape index (κ3) is 5.09. The van der Waals surface area contributed by atoms with Gasteiger partial charge >= 0.3 is 0 Å². The van der Waals surface area contributed by atoms with Crippen LogP contribution in [0.3, 0.4) is 0 Å². The number of hydrogen-bond donors (Lipinski definition) is 3. The lowest BCUT2D eigenvalue weighted by Crippen LogP contribution is -2.40. The fraction of sp³-hybridized carbons (Fsp3) is 0.273. The van der Waals surface area contributed by atoms with Gasteiger partial charge in [0.05, 0.1) is 0 Å². The Labute approximate surface area is 187 Å². The van der Waals surface area contributed by atoms with Gasteiger partial charge in [-0.2, -0.15) is 0 Å². The molecule has 1 aliphatic rings. The maximum absolute atomic E-state index is 12.0. The first kappa shape index (κ1) is 21.2. The van der Waals surface area contributed by atoms with Crippen molar-refractivity contribution in [2.24, 2.45) is 4.99 Å². The number of nitrogens with zero attached hydrogens (tertiary/aromatic N) is 1. The van der Waals surface area contributed by atoms with E-state index in [-0.39, 0.29) is 35.8 Å². The number of carbonyl (C=O) groups excluding carboxylic acids is 1. The zero-order valence-electron chi connectivity index (χ0n) is 16.3. The monoisotopic (exact) mass is 504 g/mol. The molecule has 4 rings (SSSR count). The lowest BCUT2D eigenvalue weighted by molar-refractivity contribution is -0.116. The molecule has 7 heteroatoms. The number of para-hydroxylation sites is 2. The Morgan fingerprint density at radius 2 is 1.97 bits per heavy atom. The van der Waals surface area contributed by atoms with E-state index in [1.54, 1.807) is 0 Å². The molecule has 1 atom stereocenters. The first-order chi connectivity index (χ1) is 13.7. The molecule has 29 heavy (non-hydrogen) atoms. The maximum Gasteiger partial charge on any atom is 0.225 e. The standard InChI is InChI=1S/C22H24N4O2.HI/c1-2-23-22(25-14-17-11-15-7-3-6-10-20(15)28-17)24-13-16-12-21(27)26-19-9-5-4-8-18(16)19;/h3-11,16H,2,12-14H2,1H3,(H,26,27)(H2,23,24,25);1H. The summed E-state index contributed by atoms with van der Waals surface area (Å²) in [6.45, 7) is 3.87. The molecule has 1 aliphatic heterocycles. The van der Waals surface area contributed by atoms with Crippen molar-refractivity contribution < 1.29 is 9.21 Å². The molecule has 0 saturated carbocycles. The molecule has 152 valence electrons. The van der Waals surface area contributed by atoms with Crippen molar-refractivity contribution in [3.63, 3.8) is 0 Å². The molecule has 1 amide bonds. The van der Waals surface area contributed by atoms with Crippen molar-refractivity contribution in [1.29, 1.82) is 0 Å². The fourth-order valence-electron chi connectivity index (χ4n) is 3.52. The van der Waals surface area contributed by atoms with E-state index < -0.39 is 0 Å². The molecule has 0 saturated heterocycles. The van der Waals surface area contributed by atoms with Crippen LogP contribution in [0.15, 0.2) is 64.0 Å². The molecule has 2 aromatic carbocycles. The number of hydrogen-bond acceptors (Lipinski definition) is 3. The Balaban J connectivity index is 0.00000240. The van der Waals surface area contributed by atoms with Crippen molar-refractivity contribution >= 4 is 52.5 Å². The van der Waals surface area contributed by atoms with Crippen LogP contribution in [0.1, 0.15) is 30.6 Å². The molecule has 6 nitrogen and oxygen atoms in total. The minimum Gasteiger partial charge on any atom is -0.459 e. The molecule has 3 aromatic rings. The van der Waals surface area contributed by atoms with E-state index in [4.69, 9.17) is 4.42 Å². The second kappa shape index (κ2) is 9.78. The quantitative estimate of drug-likeness (QED) is 0.276. The molecule has 0 aliphatic carbocycles. The van der Waals surface area contributed by atoms with E-state index in [0.29, 0.717) is 25.5 Å². The molecule has 1 unspecified atom stereocenters. The molecule has 1 aromatic heterocycles. The number of nitrogens with one attached hydrogen (secondary N) is 3. The van der Waals surface area contributed by atoms with Gasteiger partial charge in [0, 0.05) is 36.5 Å². The smallest absolute Gasteiger partial charge is 0.225 e. The van der Waals surface area contributed by atoms with Gasteiger partial charge in [-0.05, 0) is 30.7 Å². The summed E-state index contributed by atoms with van der Waals surface area (Å²) in [4.78, 5) is 16.6. The summed E-state index contributed by atoms with van der Waals surface area (Å²) in [5.41, 5.74) is 2.92. The van der Waals surface area contributed by atoms with Crippen LogP contribution in [0, 0.1) is 0 Å². The summed E-state index contributed by atoms with van der Waals surface area (Å²) < 4.78 is 5.84. The predicted molar refractivity (Wildman–Crippen MR) is 127 cm³/mol. The molecular formula is C22H25IN4O2. The highest BCUT2D eigenvalue weighted by Gasteiger charge is 2.24. The second-order valence-corrected chi connectivity index (χ2v) is 6.86. The van der Waals surface area contributed by atoms with Gasteiger partial charge in [0.15, 0.2) is 5.96 Å². The van der Waals surface area contributed by atoms with Gasteiger partial charge in [0.1, 0.15) is 17.9 Å². The van der Waals surface area contributed by atoms with Gasteiger partial charge in [-0.3, -0.25) is 4.79 Å². The van der Waals surface area contributed by atoms with E-state index >= 15 is 0 Å². The summed E-state index contributed by atoms with van der Waals surface area (Å²) in [5.74, 6) is 1.70. The van der Waals surface area contributed by atoms with E-state index in [9.17, 15) is 4.79 Å². The van der Waals surface area contributed by atoms with Crippen molar-refractivity contribution in [2.45, 2.75) is 25.8 Å². The number of aliphatic imine (C=N–C) groups is 1. The Morgan fingerprint density at radius 1 is 1.17 bits per heavy atom. The molecular weight excluding hydrogens is 479 g/mol. The number of fused-ring (bicyclic) bond motifs is 2. The number of amides is 1. The highest BCUT2D eigenvalue weighted by atomic mass is 127. The molecule has 0 spiro atoms. The van der Waals surface area contributed by atoms with Crippen molar-refractivity contribution in [2.75, 3.05) is 18.4 Å². The van der Waals surface area contributed by atoms with E-state index in [1.165, 1.54) is 0 Å². The predicted octanol–water partition coefficient (Wildman–Crippen LogP) is 4.23. The normalized spacial score (nSPS) is 16.0. The van der Waals surface area contributed by atoms with Crippen LogP contribution in [0.5, 0.6) is 0 Å². The van der Waals surface area contributed by atoms with Crippen molar-refractivity contribution in [1.82, 2.24) is 10.6 Å². The average Bonchev–Trinajstić information content (AvgIpc) is 3.12. The van der Waals surface area contributed by atoms with Gasteiger partial charge in [-0.15, -0.1) is 24.0 Å². The summed E-state index contributed by atoms with van der Waals surface area (Å²) >= 11 is 0. The number of anilines is 1. The minimum atomic E-state index is 0. The van der Waals surface area contributed by atoms with Crippen LogP contribution in [0.25, 0.3) is 11.0 Å². The van der Waals surface area contributed by atoms with Crippen LogP contribution in [0.2, 0.25) is 0 Å². The Morgan fingerprint density at radius 3 is 2.79 bits per heavy atom. The molecule has 3 N–H and O–H groups in total. The molecule has 2 heterocycles.